The monoisotopic (exact) mass is 358 g/mol. The highest BCUT2D eigenvalue weighted by atomic mass is 19.1. The molecule has 2 amide bonds. The first-order chi connectivity index (χ1) is 12.5. The number of aromatic nitrogens is 2. The zero-order chi connectivity index (χ0) is 18.5. The number of nitrogens with zero attached hydrogens (tertiary/aromatic N) is 3. The van der Waals surface area contributed by atoms with Crippen LogP contribution in [0.15, 0.2) is 36.7 Å². The van der Waals surface area contributed by atoms with E-state index in [9.17, 15) is 14.0 Å². The van der Waals surface area contributed by atoms with Crippen LogP contribution >= 0.6 is 0 Å². The van der Waals surface area contributed by atoms with Crippen molar-refractivity contribution in [3.05, 3.63) is 53.9 Å². The van der Waals surface area contributed by atoms with E-state index in [1.54, 1.807) is 23.2 Å². The quantitative estimate of drug-likeness (QED) is 0.770. The molecule has 0 bridgehead atoms. The molecular weight excluding hydrogens is 335 g/mol. The van der Waals surface area contributed by atoms with Crippen molar-refractivity contribution in [2.45, 2.75) is 45.3 Å². The molecule has 1 fully saturated rings. The Labute approximate surface area is 152 Å². The van der Waals surface area contributed by atoms with Gasteiger partial charge in [0.2, 0.25) is 11.8 Å². The minimum Gasteiger partial charge on any atom is -0.354 e. The van der Waals surface area contributed by atoms with Crippen molar-refractivity contribution >= 4 is 11.8 Å². The van der Waals surface area contributed by atoms with E-state index >= 15 is 0 Å². The third-order valence-corrected chi connectivity index (χ3v) is 4.67. The summed E-state index contributed by atoms with van der Waals surface area (Å²) < 4.78 is 15.4. The average molecular weight is 358 g/mol. The van der Waals surface area contributed by atoms with Gasteiger partial charge in [-0.25, -0.2) is 9.37 Å². The molecule has 0 radical (unpaired) electrons. The maximum atomic E-state index is 13.4. The van der Waals surface area contributed by atoms with Crippen molar-refractivity contribution in [3.8, 4) is 0 Å². The molecule has 0 spiro atoms. The lowest BCUT2D eigenvalue weighted by Crippen LogP contribution is -2.44. The Balaban J connectivity index is 1.52. The number of amides is 2. The number of halogens is 1. The third-order valence-electron chi connectivity index (χ3n) is 4.67. The fourth-order valence-corrected chi connectivity index (χ4v) is 3.26. The van der Waals surface area contributed by atoms with Crippen LogP contribution < -0.4 is 5.32 Å². The lowest BCUT2D eigenvalue weighted by molar-refractivity contribution is -0.135. The van der Waals surface area contributed by atoms with Crippen LogP contribution in [0, 0.1) is 12.7 Å². The molecule has 138 valence electrons. The van der Waals surface area contributed by atoms with Crippen LogP contribution in [0.3, 0.4) is 0 Å². The van der Waals surface area contributed by atoms with Crippen molar-refractivity contribution in [3.63, 3.8) is 0 Å². The molecule has 1 N–H and O–H groups in total. The predicted octanol–water partition coefficient (Wildman–Crippen LogP) is 2.03. The summed E-state index contributed by atoms with van der Waals surface area (Å²) in [5.74, 6) is 0.391. The number of imidazole rings is 1. The molecule has 1 aliphatic rings. The molecule has 7 heteroatoms. The van der Waals surface area contributed by atoms with Crippen molar-refractivity contribution in [2.75, 3.05) is 6.54 Å². The largest absolute Gasteiger partial charge is 0.354 e. The van der Waals surface area contributed by atoms with Gasteiger partial charge in [-0.15, -0.1) is 0 Å². The van der Waals surface area contributed by atoms with Gasteiger partial charge >= 0.3 is 0 Å². The first-order valence-electron chi connectivity index (χ1n) is 8.84. The Bertz CT molecular complexity index is 789. The van der Waals surface area contributed by atoms with E-state index in [1.807, 2.05) is 17.7 Å². The molecule has 26 heavy (non-hydrogen) atoms. The van der Waals surface area contributed by atoms with Crippen LogP contribution in [0.25, 0.3) is 0 Å². The fourth-order valence-electron chi connectivity index (χ4n) is 3.26. The number of carbonyl (C=O) groups is 2. The van der Waals surface area contributed by atoms with Crippen molar-refractivity contribution in [1.29, 1.82) is 0 Å². The van der Waals surface area contributed by atoms with Gasteiger partial charge in [-0.2, -0.15) is 0 Å². The summed E-state index contributed by atoms with van der Waals surface area (Å²) in [6.45, 7) is 3.51. The summed E-state index contributed by atoms with van der Waals surface area (Å²) in [5.41, 5.74) is 0.689. The van der Waals surface area contributed by atoms with Gasteiger partial charge in [0, 0.05) is 38.4 Å². The molecule has 0 saturated carbocycles. The summed E-state index contributed by atoms with van der Waals surface area (Å²) >= 11 is 0. The van der Waals surface area contributed by atoms with Crippen LogP contribution in [0.1, 0.15) is 30.7 Å². The van der Waals surface area contributed by atoms with Gasteiger partial charge in [-0.05, 0) is 37.5 Å². The number of hydrogen-bond donors (Lipinski definition) is 1. The second kappa shape index (κ2) is 8.12. The van der Waals surface area contributed by atoms with Crippen LogP contribution in [-0.4, -0.2) is 38.9 Å². The maximum Gasteiger partial charge on any atom is 0.242 e. The van der Waals surface area contributed by atoms with Gasteiger partial charge in [0.15, 0.2) is 0 Å². The molecule has 1 unspecified atom stereocenters. The Morgan fingerprint density at radius 1 is 1.42 bits per heavy atom. The van der Waals surface area contributed by atoms with E-state index in [-0.39, 0.29) is 24.2 Å². The molecule has 2 aromatic rings. The van der Waals surface area contributed by atoms with Crippen LogP contribution in [0.4, 0.5) is 4.39 Å². The summed E-state index contributed by atoms with van der Waals surface area (Å²) in [7, 11) is 0. The average Bonchev–Trinajstić information content (AvgIpc) is 3.18. The Morgan fingerprint density at radius 3 is 3.00 bits per heavy atom. The van der Waals surface area contributed by atoms with E-state index in [0.29, 0.717) is 24.9 Å². The van der Waals surface area contributed by atoms with E-state index in [2.05, 4.69) is 10.3 Å². The van der Waals surface area contributed by atoms with Gasteiger partial charge < -0.3 is 14.8 Å². The smallest absolute Gasteiger partial charge is 0.242 e. The first-order valence-corrected chi connectivity index (χ1v) is 8.84. The van der Waals surface area contributed by atoms with Crippen LogP contribution in [-0.2, 0) is 22.7 Å². The van der Waals surface area contributed by atoms with Crippen LogP contribution in [0.5, 0.6) is 0 Å². The van der Waals surface area contributed by atoms with Gasteiger partial charge in [-0.1, -0.05) is 12.1 Å². The van der Waals surface area contributed by atoms with Gasteiger partial charge in [0.05, 0.1) is 0 Å². The first kappa shape index (κ1) is 18.1. The molecule has 1 aromatic carbocycles. The Hall–Kier alpha value is -2.70. The lowest BCUT2D eigenvalue weighted by Gasteiger charge is -2.24. The zero-order valence-electron chi connectivity index (χ0n) is 14.8. The molecule has 1 aliphatic heterocycles. The molecule has 2 heterocycles. The SMILES string of the molecule is Cc1nccn1CCCNC(=O)C1CCC(=O)N1Cc1cccc(F)c1. The number of hydrogen-bond acceptors (Lipinski definition) is 3. The summed E-state index contributed by atoms with van der Waals surface area (Å²) in [6, 6.07) is 5.64. The molecule has 1 saturated heterocycles. The number of likely N-dealkylation sites (tertiary alicyclic amines) is 1. The highest BCUT2D eigenvalue weighted by molar-refractivity contribution is 5.90. The van der Waals surface area contributed by atoms with Crippen LogP contribution in [0.2, 0.25) is 0 Å². The summed E-state index contributed by atoms with van der Waals surface area (Å²) in [5, 5.41) is 2.91. The number of carbonyl (C=O) groups excluding carboxylic acids is 2. The minimum absolute atomic E-state index is 0.0662. The van der Waals surface area contributed by atoms with E-state index < -0.39 is 6.04 Å². The van der Waals surface area contributed by atoms with E-state index in [0.717, 1.165) is 18.8 Å². The van der Waals surface area contributed by atoms with Gasteiger partial charge in [0.25, 0.3) is 0 Å². The minimum atomic E-state index is -0.485. The highest BCUT2D eigenvalue weighted by Gasteiger charge is 2.35. The Morgan fingerprint density at radius 2 is 2.27 bits per heavy atom. The van der Waals surface area contributed by atoms with E-state index in [1.165, 1.54) is 12.1 Å². The van der Waals surface area contributed by atoms with Gasteiger partial charge in [0.1, 0.15) is 17.7 Å². The third kappa shape index (κ3) is 4.28. The standard InChI is InChI=1S/C19H23FN4O2/c1-14-21-9-11-23(14)10-3-8-22-19(26)17-6-7-18(25)24(17)13-15-4-2-5-16(20)12-15/h2,4-5,9,11-12,17H,3,6-8,10,13H2,1H3,(H,22,26). The maximum absolute atomic E-state index is 13.4. The Kier molecular flexibility index (Phi) is 5.65. The van der Waals surface area contributed by atoms with E-state index in [4.69, 9.17) is 0 Å². The molecule has 3 rings (SSSR count). The van der Waals surface area contributed by atoms with Gasteiger partial charge in [-0.3, -0.25) is 9.59 Å². The molecule has 0 aliphatic carbocycles. The number of nitrogens with one attached hydrogen (secondary N) is 1. The predicted molar refractivity (Wildman–Crippen MR) is 94.6 cm³/mol. The summed E-state index contributed by atoms with van der Waals surface area (Å²) in [6.07, 6.45) is 5.30. The number of rotatable bonds is 7. The topological polar surface area (TPSA) is 67.2 Å². The number of benzene rings is 1. The molecule has 1 aromatic heterocycles. The highest BCUT2D eigenvalue weighted by Crippen LogP contribution is 2.22. The number of aryl methyl sites for hydroxylation is 2. The molecule has 1 atom stereocenters. The lowest BCUT2D eigenvalue weighted by atomic mass is 10.1. The van der Waals surface area contributed by atoms with Crippen molar-refractivity contribution < 1.29 is 14.0 Å². The molecular formula is C19H23FN4O2. The second-order valence-corrected chi connectivity index (χ2v) is 6.52. The summed E-state index contributed by atoms with van der Waals surface area (Å²) in [4.78, 5) is 30.3. The zero-order valence-corrected chi connectivity index (χ0v) is 14.8. The normalized spacial score (nSPS) is 16.9. The van der Waals surface area contributed by atoms with Crippen molar-refractivity contribution in [2.24, 2.45) is 0 Å². The second-order valence-electron chi connectivity index (χ2n) is 6.52. The molecule has 6 nitrogen and oxygen atoms in total. The van der Waals surface area contributed by atoms with Crippen molar-refractivity contribution in [1.82, 2.24) is 19.8 Å². The fraction of sp³-hybridized carbons (Fsp3) is 0.421.